The third kappa shape index (κ3) is 4.99. The Morgan fingerprint density at radius 1 is 1.03 bits per heavy atom. The molecule has 0 spiro atoms. The largest absolute Gasteiger partial charge is 0.495 e. The Kier molecular flexibility index (Phi) is 7.30. The first kappa shape index (κ1) is 24.3. The number of hydrogen-bond acceptors (Lipinski definition) is 4. The zero-order valence-electron chi connectivity index (χ0n) is 19.9. The summed E-state index contributed by atoms with van der Waals surface area (Å²) in [7, 11) is -2.21. The Hall–Kier alpha value is -2.38. The number of carbonyl (C=O) groups excluding carboxylic acids is 1. The van der Waals surface area contributed by atoms with Gasteiger partial charge in [0.15, 0.2) is 0 Å². The van der Waals surface area contributed by atoms with E-state index in [0.29, 0.717) is 31.7 Å². The Bertz CT molecular complexity index is 1100. The summed E-state index contributed by atoms with van der Waals surface area (Å²) in [5.41, 5.74) is 5.58. The Balaban J connectivity index is 1.66. The smallest absolute Gasteiger partial charge is 0.246 e. The Morgan fingerprint density at radius 2 is 1.66 bits per heavy atom. The second-order valence-corrected chi connectivity index (χ2v) is 10.8. The fourth-order valence-electron chi connectivity index (χ4n) is 4.34. The molecule has 3 rings (SSSR count). The average Bonchev–Trinajstić information content (AvgIpc) is 2.76. The number of nitrogens with one attached hydrogen (secondary N) is 1. The fraction of sp³-hybridized carbons (Fsp3) is 0.480. The van der Waals surface area contributed by atoms with Gasteiger partial charge in [0.05, 0.1) is 13.2 Å². The fourth-order valence-corrected chi connectivity index (χ4v) is 6.05. The standard InChI is InChI=1S/C25H34N2O4S/c1-16-7-8-23(31-6)24(13-16)32(29,30)27-11-9-21(10-12-27)25(28)26-20(5)22-15-18(3)17(2)14-19(22)4/h7-8,13-15,20-21H,9-12H2,1-6H3,(H,26,28). The quantitative estimate of drug-likeness (QED) is 0.704. The number of sulfonamides is 1. The van der Waals surface area contributed by atoms with Crippen LogP contribution in [0, 0.1) is 33.6 Å². The van der Waals surface area contributed by atoms with Crippen LogP contribution in [0.25, 0.3) is 0 Å². The van der Waals surface area contributed by atoms with Crippen LogP contribution in [0.3, 0.4) is 0 Å². The molecular formula is C25H34N2O4S. The molecule has 2 aromatic rings. The van der Waals surface area contributed by atoms with Crippen LogP contribution >= 0.6 is 0 Å². The molecule has 1 saturated heterocycles. The molecule has 32 heavy (non-hydrogen) atoms. The van der Waals surface area contributed by atoms with E-state index < -0.39 is 10.0 Å². The van der Waals surface area contributed by atoms with Crippen molar-refractivity contribution < 1.29 is 17.9 Å². The summed E-state index contributed by atoms with van der Waals surface area (Å²) in [6.07, 6.45) is 0.996. The molecule has 1 heterocycles. The van der Waals surface area contributed by atoms with Gasteiger partial charge in [0.2, 0.25) is 15.9 Å². The number of rotatable bonds is 6. The molecule has 1 N–H and O–H groups in total. The molecule has 1 unspecified atom stereocenters. The molecule has 1 amide bonds. The van der Waals surface area contributed by atoms with Gasteiger partial charge in [0.25, 0.3) is 0 Å². The highest BCUT2D eigenvalue weighted by atomic mass is 32.2. The molecule has 1 fully saturated rings. The van der Waals surface area contributed by atoms with Crippen molar-refractivity contribution in [3.8, 4) is 5.75 Å². The summed E-state index contributed by atoms with van der Waals surface area (Å²) in [5.74, 6) is 0.128. The van der Waals surface area contributed by atoms with Gasteiger partial charge in [0.1, 0.15) is 10.6 Å². The number of ether oxygens (including phenoxy) is 1. The zero-order valence-corrected chi connectivity index (χ0v) is 20.7. The van der Waals surface area contributed by atoms with Crippen LogP contribution in [0.4, 0.5) is 0 Å². The van der Waals surface area contributed by atoms with Gasteiger partial charge in [-0.15, -0.1) is 0 Å². The van der Waals surface area contributed by atoms with Crippen LogP contribution < -0.4 is 10.1 Å². The van der Waals surface area contributed by atoms with Crippen LogP contribution in [0.5, 0.6) is 5.75 Å². The van der Waals surface area contributed by atoms with Crippen LogP contribution in [-0.4, -0.2) is 38.8 Å². The van der Waals surface area contributed by atoms with E-state index in [1.54, 1.807) is 12.1 Å². The lowest BCUT2D eigenvalue weighted by molar-refractivity contribution is -0.126. The van der Waals surface area contributed by atoms with Gasteiger partial charge in [-0.3, -0.25) is 4.79 Å². The lowest BCUT2D eigenvalue weighted by Gasteiger charge is -2.31. The van der Waals surface area contributed by atoms with Gasteiger partial charge in [0, 0.05) is 19.0 Å². The van der Waals surface area contributed by atoms with Gasteiger partial charge in [-0.05, 0) is 87.4 Å². The summed E-state index contributed by atoms with van der Waals surface area (Å²) in [6.45, 7) is 10.7. The molecule has 2 aromatic carbocycles. The topological polar surface area (TPSA) is 75.7 Å². The number of methoxy groups -OCH3 is 1. The number of hydrogen-bond donors (Lipinski definition) is 1. The van der Waals surface area contributed by atoms with Crippen molar-refractivity contribution in [2.24, 2.45) is 5.92 Å². The van der Waals surface area contributed by atoms with Crippen molar-refractivity contribution in [1.29, 1.82) is 0 Å². The van der Waals surface area contributed by atoms with Crippen molar-refractivity contribution in [3.05, 3.63) is 58.1 Å². The predicted octanol–water partition coefficient (Wildman–Crippen LogP) is 4.21. The monoisotopic (exact) mass is 458 g/mol. The molecule has 0 bridgehead atoms. The maximum atomic E-state index is 13.2. The van der Waals surface area contributed by atoms with Crippen molar-refractivity contribution >= 4 is 15.9 Å². The maximum absolute atomic E-state index is 13.2. The minimum Gasteiger partial charge on any atom is -0.495 e. The maximum Gasteiger partial charge on any atom is 0.246 e. The summed E-state index contributed by atoms with van der Waals surface area (Å²) < 4.78 is 33.1. The third-order valence-corrected chi connectivity index (χ3v) is 8.39. The molecule has 0 aromatic heterocycles. The van der Waals surface area contributed by atoms with E-state index >= 15 is 0 Å². The third-order valence-electron chi connectivity index (χ3n) is 6.47. The molecule has 1 aliphatic heterocycles. The number of nitrogens with zero attached hydrogens (tertiary/aromatic N) is 1. The van der Waals surface area contributed by atoms with Crippen LogP contribution in [-0.2, 0) is 14.8 Å². The van der Waals surface area contributed by atoms with E-state index in [2.05, 4.69) is 38.2 Å². The van der Waals surface area contributed by atoms with Gasteiger partial charge in [-0.25, -0.2) is 8.42 Å². The molecule has 0 saturated carbocycles. The predicted molar refractivity (Wildman–Crippen MR) is 126 cm³/mol. The molecule has 6 nitrogen and oxygen atoms in total. The summed E-state index contributed by atoms with van der Waals surface area (Å²) >= 11 is 0. The summed E-state index contributed by atoms with van der Waals surface area (Å²) in [4.78, 5) is 13.1. The lowest BCUT2D eigenvalue weighted by Crippen LogP contribution is -2.43. The molecule has 7 heteroatoms. The number of amides is 1. The van der Waals surface area contributed by atoms with Gasteiger partial charge in [-0.1, -0.05) is 18.2 Å². The van der Waals surface area contributed by atoms with Crippen LogP contribution in [0.2, 0.25) is 0 Å². The van der Waals surface area contributed by atoms with Crippen molar-refractivity contribution in [3.63, 3.8) is 0 Å². The van der Waals surface area contributed by atoms with Crippen LogP contribution in [0.15, 0.2) is 35.2 Å². The zero-order chi connectivity index (χ0) is 23.6. The first-order chi connectivity index (χ1) is 15.0. The second kappa shape index (κ2) is 9.63. The van der Waals surface area contributed by atoms with E-state index in [-0.39, 0.29) is 22.8 Å². The van der Waals surface area contributed by atoms with Gasteiger partial charge < -0.3 is 10.1 Å². The van der Waals surface area contributed by atoms with E-state index in [4.69, 9.17) is 4.74 Å². The molecule has 0 radical (unpaired) electrons. The van der Waals surface area contributed by atoms with E-state index in [1.807, 2.05) is 19.9 Å². The Morgan fingerprint density at radius 3 is 2.28 bits per heavy atom. The highest BCUT2D eigenvalue weighted by Crippen LogP contribution is 2.31. The molecular weight excluding hydrogens is 424 g/mol. The minimum atomic E-state index is -3.68. The van der Waals surface area contributed by atoms with E-state index in [0.717, 1.165) is 16.7 Å². The first-order valence-electron chi connectivity index (χ1n) is 11.1. The summed E-state index contributed by atoms with van der Waals surface area (Å²) in [6, 6.07) is 9.34. The number of piperidine rings is 1. The van der Waals surface area contributed by atoms with Crippen molar-refractivity contribution in [2.45, 2.75) is 58.4 Å². The van der Waals surface area contributed by atoms with Crippen molar-refractivity contribution in [2.75, 3.05) is 20.2 Å². The molecule has 1 atom stereocenters. The number of carbonyl (C=O) groups is 1. The molecule has 1 aliphatic rings. The molecule has 0 aliphatic carbocycles. The first-order valence-corrected chi connectivity index (χ1v) is 12.5. The Labute approximate surface area is 192 Å². The summed E-state index contributed by atoms with van der Waals surface area (Å²) in [5, 5.41) is 3.14. The lowest BCUT2D eigenvalue weighted by atomic mass is 9.94. The van der Waals surface area contributed by atoms with E-state index in [9.17, 15) is 13.2 Å². The number of aryl methyl sites for hydroxylation is 4. The normalized spacial score (nSPS) is 16.6. The van der Waals surface area contributed by atoms with Gasteiger partial charge in [-0.2, -0.15) is 4.31 Å². The van der Waals surface area contributed by atoms with Gasteiger partial charge >= 0.3 is 0 Å². The second-order valence-electron chi connectivity index (χ2n) is 8.86. The van der Waals surface area contributed by atoms with E-state index in [1.165, 1.54) is 22.5 Å². The number of benzene rings is 2. The highest BCUT2D eigenvalue weighted by molar-refractivity contribution is 7.89. The van der Waals surface area contributed by atoms with Crippen molar-refractivity contribution in [1.82, 2.24) is 9.62 Å². The SMILES string of the molecule is COc1ccc(C)cc1S(=O)(=O)N1CCC(C(=O)NC(C)c2cc(C)c(C)cc2C)CC1. The minimum absolute atomic E-state index is 0.0136. The molecule has 174 valence electrons. The average molecular weight is 459 g/mol. The van der Waals surface area contributed by atoms with Crippen LogP contribution in [0.1, 0.15) is 53.6 Å². The highest BCUT2D eigenvalue weighted by Gasteiger charge is 2.34.